The molecule has 88 valence electrons. The molecule has 2 rings (SSSR count). The molecular weight excluding hydrogens is 214 g/mol. The monoisotopic (exact) mass is 229 g/mol. The van der Waals surface area contributed by atoms with Crippen molar-refractivity contribution >= 4 is 16.7 Å². The zero-order valence-corrected chi connectivity index (χ0v) is 10.3. The number of aryl methyl sites for hydroxylation is 1. The summed E-state index contributed by atoms with van der Waals surface area (Å²) in [5.74, 6) is 0.833. The van der Waals surface area contributed by atoms with Crippen LogP contribution in [0.25, 0.3) is 10.9 Å². The van der Waals surface area contributed by atoms with Crippen LogP contribution in [0.5, 0.6) is 5.75 Å². The summed E-state index contributed by atoms with van der Waals surface area (Å²) in [5.41, 5.74) is 2.39. The van der Waals surface area contributed by atoms with Gasteiger partial charge in [-0.3, -0.25) is 4.79 Å². The number of nitrogens with zero attached hydrogens (tertiary/aromatic N) is 1. The van der Waals surface area contributed by atoms with Crippen LogP contribution >= 0.6 is 0 Å². The molecule has 3 nitrogen and oxygen atoms in total. The summed E-state index contributed by atoms with van der Waals surface area (Å²) < 4.78 is 5.28. The van der Waals surface area contributed by atoms with Crippen LogP contribution in [0.1, 0.15) is 29.4 Å². The second-order valence-electron chi connectivity index (χ2n) is 3.94. The Balaban J connectivity index is 2.77. The Kier molecular flexibility index (Phi) is 3.09. The summed E-state index contributed by atoms with van der Waals surface area (Å²) in [6.45, 7) is 3.78. The molecule has 0 aliphatic heterocycles. The highest BCUT2D eigenvalue weighted by atomic mass is 16.5. The van der Waals surface area contributed by atoms with Gasteiger partial charge in [-0.15, -0.1) is 0 Å². The maximum atomic E-state index is 11.8. The van der Waals surface area contributed by atoms with Crippen LogP contribution in [0.3, 0.4) is 0 Å². The van der Waals surface area contributed by atoms with Gasteiger partial charge >= 0.3 is 0 Å². The Bertz CT molecular complexity index is 576. The van der Waals surface area contributed by atoms with Gasteiger partial charge in [-0.05, 0) is 25.1 Å². The van der Waals surface area contributed by atoms with Crippen molar-refractivity contribution in [3.05, 3.63) is 35.5 Å². The maximum absolute atomic E-state index is 11.8. The van der Waals surface area contributed by atoms with Gasteiger partial charge in [0.1, 0.15) is 11.3 Å². The number of rotatable bonds is 3. The van der Waals surface area contributed by atoms with Crippen molar-refractivity contribution in [1.29, 1.82) is 0 Å². The first kappa shape index (κ1) is 11.6. The molecule has 0 atom stereocenters. The van der Waals surface area contributed by atoms with Crippen molar-refractivity contribution in [3.8, 4) is 5.75 Å². The van der Waals surface area contributed by atoms with Crippen LogP contribution in [-0.2, 0) is 0 Å². The van der Waals surface area contributed by atoms with Gasteiger partial charge in [-0.1, -0.05) is 13.0 Å². The second kappa shape index (κ2) is 4.53. The number of Topliss-reactive ketones (excluding diaryl/α,β-unsaturated/α-hetero) is 1. The van der Waals surface area contributed by atoms with E-state index in [1.807, 2.05) is 32.0 Å². The number of aromatic nitrogens is 1. The highest BCUT2D eigenvalue weighted by Crippen LogP contribution is 2.27. The molecule has 17 heavy (non-hydrogen) atoms. The van der Waals surface area contributed by atoms with E-state index in [1.165, 1.54) is 0 Å². The Hall–Kier alpha value is -1.90. The molecule has 3 heteroatoms. The maximum Gasteiger partial charge on any atom is 0.163 e. The Morgan fingerprint density at radius 2 is 2.06 bits per heavy atom. The quantitative estimate of drug-likeness (QED) is 0.759. The number of carbonyl (C=O) groups is 1. The van der Waals surface area contributed by atoms with Crippen molar-refractivity contribution in [2.45, 2.75) is 20.3 Å². The molecule has 1 aromatic heterocycles. The lowest BCUT2D eigenvalue weighted by Crippen LogP contribution is -2.00. The molecule has 0 amide bonds. The molecule has 1 heterocycles. The first-order valence-corrected chi connectivity index (χ1v) is 5.65. The first-order valence-electron chi connectivity index (χ1n) is 5.65. The minimum atomic E-state index is 0.128. The molecule has 0 radical (unpaired) electrons. The van der Waals surface area contributed by atoms with Gasteiger partial charge in [0.05, 0.1) is 7.11 Å². The third-order valence-electron chi connectivity index (χ3n) is 2.80. The van der Waals surface area contributed by atoms with Gasteiger partial charge in [-0.25, -0.2) is 4.98 Å². The summed E-state index contributed by atoms with van der Waals surface area (Å²) in [6, 6.07) is 7.46. The van der Waals surface area contributed by atoms with E-state index in [0.29, 0.717) is 12.2 Å². The molecule has 0 fully saturated rings. The number of hydrogen-bond acceptors (Lipinski definition) is 3. The van der Waals surface area contributed by atoms with Crippen LogP contribution in [0.2, 0.25) is 0 Å². The number of fused-ring (bicyclic) bond motifs is 1. The predicted octanol–water partition coefficient (Wildman–Crippen LogP) is 3.14. The van der Waals surface area contributed by atoms with Crippen molar-refractivity contribution < 1.29 is 9.53 Å². The van der Waals surface area contributed by atoms with Gasteiger partial charge in [0, 0.05) is 23.1 Å². The lowest BCUT2D eigenvalue weighted by atomic mass is 10.0. The lowest BCUT2D eigenvalue weighted by Gasteiger charge is -2.09. The van der Waals surface area contributed by atoms with Crippen LogP contribution in [0.15, 0.2) is 24.3 Å². The third-order valence-corrected chi connectivity index (χ3v) is 2.80. The average molecular weight is 229 g/mol. The molecule has 0 saturated heterocycles. The number of ether oxygens (including phenoxy) is 1. The van der Waals surface area contributed by atoms with Gasteiger partial charge in [0.25, 0.3) is 0 Å². The number of methoxy groups -OCH3 is 1. The molecule has 0 spiro atoms. The molecule has 0 aliphatic rings. The van der Waals surface area contributed by atoms with E-state index in [0.717, 1.165) is 22.2 Å². The smallest absolute Gasteiger partial charge is 0.163 e. The number of carbonyl (C=O) groups excluding carboxylic acids is 1. The fraction of sp³-hybridized carbons (Fsp3) is 0.286. The minimum Gasteiger partial charge on any atom is -0.494 e. The molecule has 2 aromatic rings. The topological polar surface area (TPSA) is 39.2 Å². The first-order chi connectivity index (χ1) is 8.17. The Morgan fingerprint density at radius 3 is 2.71 bits per heavy atom. The Labute approximate surface area is 100 Å². The molecule has 0 aliphatic carbocycles. The standard InChI is InChI=1S/C14H15NO2/c1-4-12(16)10-7-8-13(17-3)14-11(10)6-5-9(2)15-14/h5-8H,4H2,1-3H3. The fourth-order valence-electron chi connectivity index (χ4n) is 1.89. The van der Waals surface area contributed by atoms with E-state index in [-0.39, 0.29) is 5.78 Å². The second-order valence-corrected chi connectivity index (χ2v) is 3.94. The van der Waals surface area contributed by atoms with Crippen molar-refractivity contribution in [2.75, 3.05) is 7.11 Å². The normalized spacial score (nSPS) is 10.5. The van der Waals surface area contributed by atoms with E-state index >= 15 is 0 Å². The largest absolute Gasteiger partial charge is 0.494 e. The molecule has 1 aromatic carbocycles. The van der Waals surface area contributed by atoms with E-state index in [9.17, 15) is 4.79 Å². The molecular formula is C14H15NO2. The molecule has 0 saturated carbocycles. The lowest BCUT2D eigenvalue weighted by molar-refractivity contribution is 0.0989. The molecule has 0 unspecified atom stereocenters. The minimum absolute atomic E-state index is 0.128. The van der Waals surface area contributed by atoms with Crippen LogP contribution < -0.4 is 4.74 Å². The van der Waals surface area contributed by atoms with Crippen molar-refractivity contribution in [3.63, 3.8) is 0 Å². The third kappa shape index (κ3) is 2.00. The van der Waals surface area contributed by atoms with E-state index in [2.05, 4.69) is 4.98 Å². The van der Waals surface area contributed by atoms with Crippen LogP contribution in [0, 0.1) is 6.92 Å². The van der Waals surface area contributed by atoms with Gasteiger partial charge in [0.15, 0.2) is 5.78 Å². The summed E-state index contributed by atoms with van der Waals surface area (Å²) in [6.07, 6.45) is 0.495. The summed E-state index contributed by atoms with van der Waals surface area (Å²) >= 11 is 0. The highest BCUT2D eigenvalue weighted by Gasteiger charge is 2.12. The number of pyridine rings is 1. The fourth-order valence-corrected chi connectivity index (χ4v) is 1.89. The summed E-state index contributed by atoms with van der Waals surface area (Å²) in [7, 11) is 1.61. The van der Waals surface area contributed by atoms with Crippen molar-refractivity contribution in [2.24, 2.45) is 0 Å². The van der Waals surface area contributed by atoms with Gasteiger partial charge in [0.2, 0.25) is 0 Å². The van der Waals surface area contributed by atoms with E-state index < -0.39 is 0 Å². The van der Waals surface area contributed by atoms with E-state index in [4.69, 9.17) is 4.74 Å². The summed E-state index contributed by atoms with van der Waals surface area (Å²) in [5, 5.41) is 0.863. The number of ketones is 1. The van der Waals surface area contributed by atoms with E-state index in [1.54, 1.807) is 13.2 Å². The highest BCUT2D eigenvalue weighted by molar-refractivity contribution is 6.08. The van der Waals surface area contributed by atoms with Crippen LogP contribution in [0.4, 0.5) is 0 Å². The average Bonchev–Trinajstić information content (AvgIpc) is 2.36. The number of hydrogen-bond donors (Lipinski definition) is 0. The van der Waals surface area contributed by atoms with Crippen molar-refractivity contribution in [1.82, 2.24) is 4.98 Å². The summed E-state index contributed by atoms with van der Waals surface area (Å²) in [4.78, 5) is 16.3. The SMILES string of the molecule is CCC(=O)c1ccc(OC)c2nc(C)ccc12. The van der Waals surface area contributed by atoms with Gasteiger partial charge < -0.3 is 4.74 Å². The molecule has 0 bridgehead atoms. The Morgan fingerprint density at radius 1 is 1.29 bits per heavy atom. The number of benzene rings is 1. The zero-order chi connectivity index (χ0) is 12.4. The molecule has 0 N–H and O–H groups in total. The zero-order valence-electron chi connectivity index (χ0n) is 10.3. The van der Waals surface area contributed by atoms with Gasteiger partial charge in [-0.2, -0.15) is 0 Å². The van der Waals surface area contributed by atoms with Crippen LogP contribution in [-0.4, -0.2) is 17.9 Å². The predicted molar refractivity (Wildman–Crippen MR) is 67.7 cm³/mol.